The van der Waals surface area contributed by atoms with Gasteiger partial charge in [0, 0.05) is 5.25 Å². The van der Waals surface area contributed by atoms with E-state index in [1.807, 2.05) is 0 Å². The van der Waals surface area contributed by atoms with E-state index in [4.69, 9.17) is 0 Å². The molecule has 0 saturated carbocycles. The molecule has 1 heterocycles. The highest BCUT2D eigenvalue weighted by molar-refractivity contribution is 8.01. The molecule has 0 amide bonds. The van der Waals surface area contributed by atoms with Crippen LogP contribution in [0.3, 0.4) is 0 Å². The number of thioether (sulfide) groups is 1. The number of rotatable bonds is 2. The third-order valence-electron chi connectivity index (χ3n) is 4.09. The fourth-order valence-corrected chi connectivity index (χ4v) is 4.69. The van der Waals surface area contributed by atoms with Crippen LogP contribution in [0.4, 0.5) is 0 Å². The molecule has 0 spiro atoms. The molecule has 1 aliphatic rings. The molecule has 0 saturated heterocycles. The van der Waals surface area contributed by atoms with Gasteiger partial charge in [-0.3, -0.25) is 0 Å². The van der Waals surface area contributed by atoms with Gasteiger partial charge in [0.1, 0.15) is 0 Å². The highest BCUT2D eigenvalue weighted by Gasteiger charge is 2.42. The topological polar surface area (TPSA) is 0 Å². The lowest BCUT2D eigenvalue weighted by Crippen LogP contribution is -2.34. The van der Waals surface area contributed by atoms with Crippen LogP contribution in [0.5, 0.6) is 0 Å². The summed E-state index contributed by atoms with van der Waals surface area (Å²) in [5.74, 6) is 0.480. The molecule has 0 aliphatic carbocycles. The molecule has 2 atom stereocenters. The Balaban J connectivity index is 2.21. The lowest BCUT2D eigenvalue weighted by Gasteiger charge is -2.42. The first-order valence-corrected chi connectivity index (χ1v) is 8.08. The summed E-state index contributed by atoms with van der Waals surface area (Å²) in [6, 6.07) is 21.9. The predicted molar refractivity (Wildman–Crippen MR) is 89.0 cm³/mol. The maximum atomic E-state index is 2.38. The minimum absolute atomic E-state index is 0.0245. The Bertz CT molecular complexity index is 546. The molecule has 1 heteroatoms. The van der Waals surface area contributed by atoms with Crippen LogP contribution in [0.1, 0.15) is 25.0 Å². The van der Waals surface area contributed by atoms with Gasteiger partial charge in [-0.2, -0.15) is 0 Å². The number of hydrogen-bond acceptors (Lipinski definition) is 1. The van der Waals surface area contributed by atoms with E-state index in [9.17, 15) is 0 Å². The summed E-state index contributed by atoms with van der Waals surface area (Å²) in [5.41, 5.74) is 2.81. The molecule has 102 valence electrons. The zero-order chi connectivity index (χ0) is 14.0. The van der Waals surface area contributed by atoms with Gasteiger partial charge in [0.2, 0.25) is 0 Å². The Kier molecular flexibility index (Phi) is 3.71. The van der Waals surface area contributed by atoms with Crippen LogP contribution in [0.25, 0.3) is 0 Å². The van der Waals surface area contributed by atoms with E-state index in [1.165, 1.54) is 11.1 Å². The van der Waals surface area contributed by atoms with E-state index in [2.05, 4.69) is 98.4 Å². The Morgan fingerprint density at radius 2 is 1.25 bits per heavy atom. The molecule has 2 aromatic carbocycles. The van der Waals surface area contributed by atoms with Crippen molar-refractivity contribution in [3.63, 3.8) is 0 Å². The zero-order valence-electron chi connectivity index (χ0n) is 12.0. The van der Waals surface area contributed by atoms with E-state index in [-0.39, 0.29) is 4.75 Å². The lowest BCUT2D eigenvalue weighted by molar-refractivity contribution is 0.561. The van der Waals surface area contributed by atoms with Crippen molar-refractivity contribution in [2.45, 2.75) is 23.8 Å². The van der Waals surface area contributed by atoms with Crippen LogP contribution < -0.4 is 0 Å². The van der Waals surface area contributed by atoms with E-state index in [0.717, 1.165) is 0 Å². The Hall–Kier alpha value is -1.47. The maximum Gasteiger partial charge on any atom is 0.0722 e. The molecule has 0 aromatic heterocycles. The van der Waals surface area contributed by atoms with E-state index < -0.39 is 0 Å². The SMILES string of the molecule is C[C@@H]1C=C[C@H](C)C(c2ccccc2)(c2ccccc2)S1. The van der Waals surface area contributed by atoms with Gasteiger partial charge >= 0.3 is 0 Å². The standard InChI is InChI=1S/C19H20S/c1-15-13-14-16(2)20-19(15,17-9-5-3-6-10-17)18-11-7-4-8-12-18/h3-16H,1-2H3/t15-,16+/m0/s1. The second kappa shape index (κ2) is 5.49. The van der Waals surface area contributed by atoms with E-state index >= 15 is 0 Å². The molecule has 0 nitrogen and oxygen atoms in total. The zero-order valence-corrected chi connectivity index (χ0v) is 12.8. The Labute approximate surface area is 125 Å². The van der Waals surface area contributed by atoms with Crippen molar-refractivity contribution in [1.29, 1.82) is 0 Å². The van der Waals surface area contributed by atoms with Crippen molar-refractivity contribution in [2.24, 2.45) is 5.92 Å². The molecular formula is C19H20S. The first-order chi connectivity index (χ1) is 9.73. The minimum atomic E-state index is 0.0245. The maximum absolute atomic E-state index is 2.38. The highest BCUT2D eigenvalue weighted by atomic mass is 32.2. The molecule has 0 radical (unpaired) electrons. The molecule has 2 aromatic rings. The van der Waals surface area contributed by atoms with Crippen LogP contribution in [0.15, 0.2) is 72.8 Å². The first-order valence-electron chi connectivity index (χ1n) is 7.20. The number of hydrogen-bond donors (Lipinski definition) is 0. The second-order valence-corrected chi connectivity index (χ2v) is 7.09. The summed E-state index contributed by atoms with van der Waals surface area (Å²) in [7, 11) is 0. The molecule has 0 bridgehead atoms. The van der Waals surface area contributed by atoms with Crippen molar-refractivity contribution in [3.8, 4) is 0 Å². The summed E-state index contributed by atoms with van der Waals surface area (Å²) in [6.07, 6.45) is 4.71. The monoisotopic (exact) mass is 280 g/mol. The van der Waals surface area contributed by atoms with Gasteiger partial charge in [0.05, 0.1) is 4.75 Å². The van der Waals surface area contributed by atoms with Crippen LogP contribution >= 0.6 is 11.8 Å². The highest BCUT2D eigenvalue weighted by Crippen LogP contribution is 2.53. The molecule has 20 heavy (non-hydrogen) atoms. The van der Waals surface area contributed by atoms with Crippen LogP contribution in [-0.4, -0.2) is 5.25 Å². The van der Waals surface area contributed by atoms with Gasteiger partial charge in [-0.1, -0.05) is 79.7 Å². The van der Waals surface area contributed by atoms with Gasteiger partial charge in [0.25, 0.3) is 0 Å². The quantitative estimate of drug-likeness (QED) is 0.676. The molecule has 3 rings (SSSR count). The third-order valence-corrected chi connectivity index (χ3v) is 5.83. The minimum Gasteiger partial charge on any atom is -0.138 e. The van der Waals surface area contributed by atoms with Crippen LogP contribution in [0.2, 0.25) is 0 Å². The van der Waals surface area contributed by atoms with E-state index in [0.29, 0.717) is 11.2 Å². The largest absolute Gasteiger partial charge is 0.138 e. The molecular weight excluding hydrogens is 260 g/mol. The fraction of sp³-hybridized carbons (Fsp3) is 0.263. The van der Waals surface area contributed by atoms with Gasteiger partial charge in [-0.05, 0) is 24.0 Å². The van der Waals surface area contributed by atoms with Gasteiger partial charge in [-0.25, -0.2) is 0 Å². The summed E-state index contributed by atoms with van der Waals surface area (Å²) in [5, 5.41) is 0.534. The summed E-state index contributed by atoms with van der Waals surface area (Å²) in [6.45, 7) is 4.61. The second-order valence-electron chi connectivity index (χ2n) is 5.46. The summed E-state index contributed by atoms with van der Waals surface area (Å²) < 4.78 is 0.0245. The number of allylic oxidation sites excluding steroid dienone is 1. The fourth-order valence-electron chi connectivity index (χ4n) is 3.10. The average molecular weight is 280 g/mol. The van der Waals surface area contributed by atoms with Crippen molar-refractivity contribution in [1.82, 2.24) is 0 Å². The van der Waals surface area contributed by atoms with Crippen LogP contribution in [-0.2, 0) is 4.75 Å². The molecule has 1 aliphatic heterocycles. The summed E-state index contributed by atoms with van der Waals surface area (Å²) in [4.78, 5) is 0. The van der Waals surface area contributed by atoms with Crippen molar-refractivity contribution >= 4 is 11.8 Å². The van der Waals surface area contributed by atoms with Gasteiger partial charge in [-0.15, -0.1) is 11.8 Å². The van der Waals surface area contributed by atoms with Gasteiger partial charge in [0.15, 0.2) is 0 Å². The molecule has 0 fully saturated rings. The summed E-state index contributed by atoms with van der Waals surface area (Å²) >= 11 is 2.06. The normalized spacial score (nSPS) is 24.5. The first kappa shape index (κ1) is 13.5. The van der Waals surface area contributed by atoms with Gasteiger partial charge < -0.3 is 0 Å². The average Bonchev–Trinajstić information content (AvgIpc) is 2.51. The Morgan fingerprint density at radius 1 is 0.750 bits per heavy atom. The third kappa shape index (κ3) is 2.20. The van der Waals surface area contributed by atoms with Crippen molar-refractivity contribution < 1.29 is 0 Å². The Morgan fingerprint density at radius 3 is 1.75 bits per heavy atom. The predicted octanol–water partition coefficient (Wildman–Crippen LogP) is 5.26. The number of benzene rings is 2. The molecule has 0 N–H and O–H groups in total. The lowest BCUT2D eigenvalue weighted by atomic mass is 9.80. The molecule has 0 unspecified atom stereocenters. The van der Waals surface area contributed by atoms with Crippen LogP contribution in [0, 0.1) is 5.92 Å². The van der Waals surface area contributed by atoms with Crippen molar-refractivity contribution in [2.75, 3.05) is 0 Å². The van der Waals surface area contributed by atoms with E-state index in [1.54, 1.807) is 0 Å². The van der Waals surface area contributed by atoms with Crippen molar-refractivity contribution in [3.05, 3.63) is 83.9 Å². The smallest absolute Gasteiger partial charge is 0.0722 e.